The minimum Gasteiger partial charge on any atom is -0.208 e. The predicted octanol–water partition coefficient (Wildman–Crippen LogP) is 9.42. The van der Waals surface area contributed by atoms with Gasteiger partial charge in [0.1, 0.15) is 0 Å². The van der Waals surface area contributed by atoms with Crippen molar-refractivity contribution in [2.45, 2.75) is 25.7 Å². The molecule has 0 aliphatic heterocycles. The van der Waals surface area contributed by atoms with Crippen LogP contribution in [-0.4, -0.2) is 15.0 Å². The van der Waals surface area contributed by atoms with E-state index in [2.05, 4.69) is 68.4 Å². The second-order valence-electron chi connectivity index (χ2n) is 11.1. The maximum atomic E-state index is 6.38. The van der Waals surface area contributed by atoms with Crippen LogP contribution in [0.5, 0.6) is 0 Å². The average molecular weight is 550 g/mol. The van der Waals surface area contributed by atoms with Gasteiger partial charge in [0.05, 0.1) is 0 Å². The third-order valence-electron chi connectivity index (χ3n) is 8.05. The van der Waals surface area contributed by atoms with E-state index >= 15 is 0 Å². The number of hydrogen-bond donors (Lipinski definition) is 0. The van der Waals surface area contributed by atoms with E-state index in [-0.39, 0.29) is 5.41 Å². The van der Waals surface area contributed by atoms with Crippen molar-refractivity contribution in [2.75, 3.05) is 0 Å². The number of halogens is 1. The molecule has 0 amide bonds. The van der Waals surface area contributed by atoms with Crippen molar-refractivity contribution in [3.8, 4) is 45.3 Å². The summed E-state index contributed by atoms with van der Waals surface area (Å²) in [6.45, 7) is 4.60. The van der Waals surface area contributed by atoms with E-state index in [0.29, 0.717) is 17.5 Å². The highest BCUT2D eigenvalue weighted by atomic mass is 35.5. The van der Waals surface area contributed by atoms with Crippen molar-refractivity contribution in [1.29, 1.82) is 0 Å². The molecule has 3 nitrogen and oxygen atoms in total. The van der Waals surface area contributed by atoms with Gasteiger partial charge in [-0.25, -0.2) is 15.0 Å². The van der Waals surface area contributed by atoms with Gasteiger partial charge in [0, 0.05) is 27.1 Å². The van der Waals surface area contributed by atoms with E-state index in [9.17, 15) is 0 Å². The minimum absolute atomic E-state index is 0.0829. The molecule has 198 valence electrons. The molecule has 0 spiro atoms. The Hall–Kier alpha value is -4.60. The Balaban J connectivity index is 1.31. The summed E-state index contributed by atoms with van der Waals surface area (Å²) in [7, 11) is 0. The van der Waals surface area contributed by atoms with Crippen molar-refractivity contribution in [2.24, 2.45) is 0 Å². The van der Waals surface area contributed by atoms with Crippen LogP contribution in [0.4, 0.5) is 0 Å². The SMILES string of the molecule is CC1(C)c2ccc(Cl)cc2Cc2cc(-c3cccc(-c4nc(-c5ccccc5)nc(-c5ccccc5)n4)c3)ccc21. The van der Waals surface area contributed by atoms with Gasteiger partial charge in [0.15, 0.2) is 17.5 Å². The fraction of sp³-hybridized carbons (Fsp3) is 0.108. The maximum absolute atomic E-state index is 6.38. The molecule has 7 rings (SSSR count). The summed E-state index contributed by atoms with van der Waals surface area (Å²) in [4.78, 5) is 14.7. The summed E-state index contributed by atoms with van der Waals surface area (Å²) in [5, 5.41) is 0.786. The predicted molar refractivity (Wildman–Crippen MR) is 168 cm³/mol. The lowest BCUT2D eigenvalue weighted by Gasteiger charge is -2.35. The lowest BCUT2D eigenvalue weighted by atomic mass is 9.68. The standard InChI is InChI=1S/C37H28ClN3/c1-37(2)32-18-16-27(21-29(32)22-30-23-31(38)17-19-33(30)37)26-14-9-15-28(20-26)36-40-34(24-10-5-3-6-11-24)39-35(41-36)25-12-7-4-8-13-25/h3-21,23H,22H2,1-2H3. The third kappa shape index (κ3) is 4.73. The first-order chi connectivity index (χ1) is 20.0. The first kappa shape index (κ1) is 25.4. The van der Waals surface area contributed by atoms with E-state index in [1.807, 2.05) is 66.7 Å². The van der Waals surface area contributed by atoms with Gasteiger partial charge in [-0.3, -0.25) is 0 Å². The number of benzene rings is 5. The van der Waals surface area contributed by atoms with Gasteiger partial charge in [-0.2, -0.15) is 0 Å². The zero-order chi connectivity index (χ0) is 28.0. The first-order valence-corrected chi connectivity index (χ1v) is 14.2. The third-order valence-corrected chi connectivity index (χ3v) is 8.29. The summed E-state index contributed by atoms with van der Waals surface area (Å²) in [5.41, 5.74) is 10.4. The van der Waals surface area contributed by atoms with E-state index in [0.717, 1.165) is 33.7 Å². The van der Waals surface area contributed by atoms with E-state index in [1.165, 1.54) is 27.8 Å². The summed E-state index contributed by atoms with van der Waals surface area (Å²) >= 11 is 6.38. The minimum atomic E-state index is -0.0829. The average Bonchev–Trinajstić information content (AvgIpc) is 3.01. The fourth-order valence-electron chi connectivity index (χ4n) is 5.97. The van der Waals surface area contributed by atoms with Crippen LogP contribution in [0.2, 0.25) is 5.02 Å². The topological polar surface area (TPSA) is 38.7 Å². The molecule has 1 aromatic heterocycles. The lowest BCUT2D eigenvalue weighted by Crippen LogP contribution is -2.27. The Kier molecular flexibility index (Phi) is 6.25. The molecule has 1 aliphatic rings. The van der Waals surface area contributed by atoms with Gasteiger partial charge >= 0.3 is 0 Å². The molecule has 0 radical (unpaired) electrons. The zero-order valence-electron chi connectivity index (χ0n) is 23.0. The van der Waals surface area contributed by atoms with Crippen molar-refractivity contribution < 1.29 is 0 Å². The summed E-state index contributed by atoms with van der Waals surface area (Å²) in [6.07, 6.45) is 0.872. The summed E-state index contributed by atoms with van der Waals surface area (Å²) < 4.78 is 0. The van der Waals surface area contributed by atoms with Gasteiger partial charge in [-0.05, 0) is 58.0 Å². The Morgan fingerprint density at radius 2 is 0.976 bits per heavy atom. The molecule has 4 heteroatoms. The highest BCUT2D eigenvalue weighted by molar-refractivity contribution is 6.30. The molecule has 0 bridgehead atoms. The van der Waals surface area contributed by atoms with Crippen LogP contribution in [-0.2, 0) is 11.8 Å². The van der Waals surface area contributed by atoms with Gasteiger partial charge < -0.3 is 0 Å². The highest BCUT2D eigenvalue weighted by Gasteiger charge is 2.32. The normalized spacial score (nSPS) is 13.3. The largest absolute Gasteiger partial charge is 0.208 e. The molecule has 1 heterocycles. The Labute approximate surface area is 245 Å². The van der Waals surface area contributed by atoms with Gasteiger partial charge in [0.25, 0.3) is 0 Å². The molecular weight excluding hydrogens is 522 g/mol. The molecule has 6 aromatic rings. The molecule has 0 saturated heterocycles. The quantitative estimate of drug-likeness (QED) is 0.220. The van der Waals surface area contributed by atoms with Crippen LogP contribution in [0, 0.1) is 0 Å². The second-order valence-corrected chi connectivity index (χ2v) is 11.5. The van der Waals surface area contributed by atoms with Gasteiger partial charge in [0.2, 0.25) is 0 Å². The molecule has 41 heavy (non-hydrogen) atoms. The molecular formula is C37H28ClN3. The molecule has 0 unspecified atom stereocenters. The Morgan fingerprint density at radius 3 is 1.61 bits per heavy atom. The lowest BCUT2D eigenvalue weighted by molar-refractivity contribution is 0.611. The fourth-order valence-corrected chi connectivity index (χ4v) is 6.17. The van der Waals surface area contributed by atoms with E-state index in [4.69, 9.17) is 26.6 Å². The molecule has 0 fully saturated rings. The van der Waals surface area contributed by atoms with Crippen LogP contribution < -0.4 is 0 Å². The van der Waals surface area contributed by atoms with E-state index in [1.54, 1.807) is 0 Å². The van der Waals surface area contributed by atoms with Crippen molar-refractivity contribution in [3.63, 3.8) is 0 Å². The van der Waals surface area contributed by atoms with E-state index < -0.39 is 0 Å². The smallest absolute Gasteiger partial charge is 0.164 e. The monoisotopic (exact) mass is 549 g/mol. The van der Waals surface area contributed by atoms with Crippen molar-refractivity contribution in [3.05, 3.63) is 149 Å². The first-order valence-electron chi connectivity index (χ1n) is 13.9. The molecule has 0 saturated carbocycles. The van der Waals surface area contributed by atoms with Crippen LogP contribution >= 0.6 is 11.6 Å². The number of aromatic nitrogens is 3. The number of nitrogens with zero attached hydrogens (tertiary/aromatic N) is 3. The summed E-state index contributed by atoms with van der Waals surface area (Å²) in [5.74, 6) is 1.98. The van der Waals surface area contributed by atoms with Crippen LogP contribution in [0.15, 0.2) is 121 Å². The van der Waals surface area contributed by atoms with Crippen LogP contribution in [0.3, 0.4) is 0 Å². The number of fused-ring (bicyclic) bond motifs is 2. The van der Waals surface area contributed by atoms with Crippen molar-refractivity contribution >= 4 is 11.6 Å². The molecule has 0 N–H and O–H groups in total. The zero-order valence-corrected chi connectivity index (χ0v) is 23.7. The Morgan fingerprint density at radius 1 is 0.488 bits per heavy atom. The van der Waals surface area contributed by atoms with Gasteiger partial charge in [-0.15, -0.1) is 0 Å². The van der Waals surface area contributed by atoms with Crippen LogP contribution in [0.25, 0.3) is 45.3 Å². The second kappa shape index (κ2) is 10.1. The molecule has 1 aliphatic carbocycles. The van der Waals surface area contributed by atoms with Crippen LogP contribution in [0.1, 0.15) is 36.1 Å². The van der Waals surface area contributed by atoms with Gasteiger partial charge in [-0.1, -0.05) is 129 Å². The summed E-state index contributed by atoms with van der Waals surface area (Å²) in [6, 6.07) is 41.8. The van der Waals surface area contributed by atoms with Crippen molar-refractivity contribution in [1.82, 2.24) is 15.0 Å². The maximum Gasteiger partial charge on any atom is 0.164 e. The molecule has 0 atom stereocenters. The Bertz CT molecular complexity index is 1840. The highest BCUT2D eigenvalue weighted by Crippen LogP contribution is 2.43. The number of rotatable bonds is 4. The molecule has 5 aromatic carbocycles. The number of hydrogen-bond acceptors (Lipinski definition) is 3.